The van der Waals surface area contributed by atoms with Crippen molar-refractivity contribution < 1.29 is 5.11 Å². The van der Waals surface area contributed by atoms with Crippen LogP contribution in [0.1, 0.15) is 22.5 Å². The van der Waals surface area contributed by atoms with Gasteiger partial charge in [-0.15, -0.1) is 0 Å². The Bertz CT molecular complexity index is 1270. The van der Waals surface area contributed by atoms with Crippen LogP contribution in [-0.2, 0) is 13.5 Å². The van der Waals surface area contributed by atoms with Gasteiger partial charge in [0.15, 0.2) is 17.4 Å². The first-order valence-electron chi connectivity index (χ1n) is 9.29. The molecule has 0 spiro atoms. The number of hydrogen-bond acceptors (Lipinski definition) is 7. The molecule has 0 aliphatic carbocycles. The summed E-state index contributed by atoms with van der Waals surface area (Å²) < 4.78 is 3.22. The van der Waals surface area contributed by atoms with Crippen molar-refractivity contribution in [2.45, 2.75) is 20.3 Å². The second kappa shape index (κ2) is 7.33. The molecule has 3 aromatic rings. The van der Waals surface area contributed by atoms with Crippen molar-refractivity contribution in [3.05, 3.63) is 52.9 Å². The fraction of sp³-hybridized carbons (Fsp3) is 0.190. The molecule has 3 N–H and O–H groups in total. The number of benzene rings is 1. The molecule has 9 heteroatoms. The first-order valence-corrected chi connectivity index (χ1v) is 9.29. The third-order valence-electron chi connectivity index (χ3n) is 4.90. The average Bonchev–Trinajstić information content (AvgIpc) is 3.20. The maximum Gasteiger partial charge on any atom is 0.160 e. The molecular formula is C21H20N8O. The Hall–Kier alpha value is -4.19. The summed E-state index contributed by atoms with van der Waals surface area (Å²) in [5.41, 5.74) is 10.4. The second-order valence-corrected chi connectivity index (χ2v) is 6.95. The summed E-state index contributed by atoms with van der Waals surface area (Å²) >= 11 is 0. The predicted molar refractivity (Wildman–Crippen MR) is 114 cm³/mol. The van der Waals surface area contributed by atoms with Crippen molar-refractivity contribution in [2.75, 3.05) is 0 Å². The Kier molecular flexibility index (Phi) is 4.68. The highest BCUT2D eigenvalue weighted by Gasteiger charge is 2.19. The van der Waals surface area contributed by atoms with Gasteiger partial charge in [-0.25, -0.2) is 14.7 Å². The Morgan fingerprint density at radius 3 is 2.53 bits per heavy atom. The molecule has 0 radical (unpaired) electrons. The molecule has 0 saturated heterocycles. The number of aliphatic imine (C=N–C) groups is 2. The molecule has 0 amide bonds. The van der Waals surface area contributed by atoms with E-state index in [1.54, 1.807) is 47.6 Å². The summed E-state index contributed by atoms with van der Waals surface area (Å²) in [6.45, 7) is 3.48. The van der Waals surface area contributed by atoms with Gasteiger partial charge >= 0.3 is 0 Å². The van der Waals surface area contributed by atoms with Crippen LogP contribution in [0.3, 0.4) is 0 Å². The van der Waals surface area contributed by atoms with Crippen LogP contribution in [0, 0.1) is 25.2 Å². The van der Waals surface area contributed by atoms with Gasteiger partial charge in [-0.1, -0.05) is 12.1 Å². The van der Waals surface area contributed by atoms with E-state index < -0.39 is 0 Å². The highest BCUT2D eigenvalue weighted by atomic mass is 16.3. The summed E-state index contributed by atoms with van der Waals surface area (Å²) in [5.74, 6) is 1.45. The number of hydrogen-bond donors (Lipinski definition) is 2. The number of nitrogens with zero attached hydrogens (tertiary/aromatic N) is 7. The summed E-state index contributed by atoms with van der Waals surface area (Å²) in [7, 11) is 1.81. The van der Waals surface area contributed by atoms with E-state index in [4.69, 9.17) is 11.0 Å². The van der Waals surface area contributed by atoms with Gasteiger partial charge < -0.3 is 10.8 Å². The first kappa shape index (κ1) is 19.1. The topological polar surface area (TPSA) is 130 Å². The molecule has 0 fully saturated rings. The Morgan fingerprint density at radius 2 is 1.90 bits per heavy atom. The third kappa shape index (κ3) is 3.24. The highest BCUT2D eigenvalue weighted by Crippen LogP contribution is 2.32. The lowest BCUT2D eigenvalue weighted by Crippen LogP contribution is -2.11. The number of nitrogens with two attached hydrogens (primary N) is 1. The zero-order valence-electron chi connectivity index (χ0n) is 16.8. The molecule has 1 aromatic carbocycles. The number of fused-ring (bicyclic) bond motifs is 1. The van der Waals surface area contributed by atoms with Crippen LogP contribution >= 0.6 is 0 Å². The number of rotatable bonds is 2. The molecule has 1 aliphatic heterocycles. The number of aryl methyl sites for hydroxylation is 2. The molecule has 3 heterocycles. The van der Waals surface area contributed by atoms with E-state index in [-0.39, 0.29) is 11.6 Å². The molecule has 150 valence electrons. The lowest BCUT2D eigenvalue weighted by molar-refractivity contribution is 0.466. The van der Waals surface area contributed by atoms with E-state index in [9.17, 15) is 5.11 Å². The van der Waals surface area contributed by atoms with Gasteiger partial charge in [-0.05, 0) is 26.0 Å². The van der Waals surface area contributed by atoms with Crippen LogP contribution < -0.4 is 5.73 Å². The standard InChI is InChI=1S/C21H20N8O/c1-12-20(30)13(2)29(26-12)18-10-17(23)25-21-16(8-9-24-18)19(27-28(21)3)15-6-4-14(11-22)5-7-15/h4-7,9-10,30H,8H2,1-3H3,(H2,23,25). The van der Waals surface area contributed by atoms with Crippen LogP contribution in [0.25, 0.3) is 17.1 Å². The number of aromatic hydroxyl groups is 1. The summed E-state index contributed by atoms with van der Waals surface area (Å²) in [5, 5.41) is 28.1. The van der Waals surface area contributed by atoms with Crippen molar-refractivity contribution >= 4 is 23.7 Å². The van der Waals surface area contributed by atoms with Crippen LogP contribution in [-0.4, -0.2) is 36.7 Å². The average molecular weight is 400 g/mol. The van der Waals surface area contributed by atoms with E-state index in [0.717, 1.165) is 16.8 Å². The first-order chi connectivity index (χ1) is 14.4. The largest absolute Gasteiger partial charge is 0.504 e. The minimum absolute atomic E-state index is 0.122. The van der Waals surface area contributed by atoms with E-state index in [1.165, 1.54) is 0 Å². The van der Waals surface area contributed by atoms with E-state index >= 15 is 0 Å². The maximum atomic E-state index is 10.1. The smallest absolute Gasteiger partial charge is 0.160 e. The molecule has 2 aromatic heterocycles. The van der Waals surface area contributed by atoms with Crippen LogP contribution in [0.4, 0.5) is 5.82 Å². The van der Waals surface area contributed by atoms with Gasteiger partial charge in [-0.2, -0.15) is 15.5 Å². The monoisotopic (exact) mass is 400 g/mol. The number of aromatic nitrogens is 4. The molecule has 0 bridgehead atoms. The third-order valence-corrected chi connectivity index (χ3v) is 4.90. The normalized spacial score (nSPS) is 13.5. The lowest BCUT2D eigenvalue weighted by Gasteiger charge is -2.04. The molecule has 30 heavy (non-hydrogen) atoms. The van der Waals surface area contributed by atoms with Crippen molar-refractivity contribution in [3.63, 3.8) is 0 Å². The highest BCUT2D eigenvalue weighted by molar-refractivity contribution is 5.98. The molecule has 4 rings (SSSR count). The Labute approximate surface area is 173 Å². The van der Waals surface area contributed by atoms with Gasteiger partial charge in [-0.3, -0.25) is 4.68 Å². The van der Waals surface area contributed by atoms with Crippen LogP contribution in [0.15, 0.2) is 40.3 Å². The van der Waals surface area contributed by atoms with E-state index in [0.29, 0.717) is 35.0 Å². The van der Waals surface area contributed by atoms with Gasteiger partial charge in [0.05, 0.1) is 23.0 Å². The Morgan fingerprint density at radius 1 is 1.17 bits per heavy atom. The number of amidine groups is 1. The maximum absolute atomic E-state index is 10.1. The summed E-state index contributed by atoms with van der Waals surface area (Å²) in [4.78, 5) is 9.09. The van der Waals surface area contributed by atoms with Crippen molar-refractivity contribution in [1.29, 1.82) is 5.26 Å². The minimum Gasteiger partial charge on any atom is -0.504 e. The summed E-state index contributed by atoms with van der Waals surface area (Å²) in [6.07, 6.45) is 3.83. The minimum atomic E-state index is 0.122. The Balaban J connectivity index is 1.80. The van der Waals surface area contributed by atoms with Gasteiger partial charge in [0.2, 0.25) is 0 Å². The summed E-state index contributed by atoms with van der Waals surface area (Å²) in [6, 6.07) is 9.35. The quantitative estimate of drug-likeness (QED) is 0.683. The predicted octanol–water partition coefficient (Wildman–Crippen LogP) is 2.59. The van der Waals surface area contributed by atoms with Crippen molar-refractivity contribution in [1.82, 2.24) is 19.6 Å². The number of nitriles is 1. The molecule has 1 aliphatic rings. The second-order valence-electron chi connectivity index (χ2n) is 6.95. The molecule has 9 nitrogen and oxygen atoms in total. The molecule has 0 saturated carbocycles. The van der Waals surface area contributed by atoms with Crippen molar-refractivity contribution in [3.8, 4) is 23.1 Å². The fourth-order valence-corrected chi connectivity index (χ4v) is 3.35. The van der Waals surface area contributed by atoms with Gasteiger partial charge in [0.25, 0.3) is 0 Å². The lowest BCUT2D eigenvalue weighted by atomic mass is 10.0. The zero-order valence-corrected chi connectivity index (χ0v) is 16.8. The van der Waals surface area contributed by atoms with Gasteiger partial charge in [0, 0.05) is 36.9 Å². The van der Waals surface area contributed by atoms with Gasteiger partial charge in [0.1, 0.15) is 11.5 Å². The van der Waals surface area contributed by atoms with E-state index in [2.05, 4.69) is 26.3 Å². The zero-order chi connectivity index (χ0) is 21.4. The van der Waals surface area contributed by atoms with Crippen molar-refractivity contribution in [2.24, 2.45) is 22.8 Å². The van der Waals surface area contributed by atoms with Crippen LogP contribution in [0.2, 0.25) is 0 Å². The van der Waals surface area contributed by atoms with E-state index in [1.807, 2.05) is 19.2 Å². The molecule has 0 unspecified atom stereocenters. The van der Waals surface area contributed by atoms with Crippen LogP contribution in [0.5, 0.6) is 5.75 Å². The molecular weight excluding hydrogens is 380 g/mol. The fourth-order valence-electron chi connectivity index (χ4n) is 3.35. The SMILES string of the molecule is Cc1nn(C2=CC(N)=Nc3c(c(-c4ccc(C#N)cc4)nn3C)CC=N2)c(C)c1O. The molecule has 0 atom stereocenters.